The number of nitrogens with zero attached hydrogens (tertiary/aromatic N) is 2. The number of benzene rings is 6. The predicted octanol–water partition coefficient (Wildman–Crippen LogP) is 12.4. The van der Waals surface area contributed by atoms with Crippen LogP contribution in [0.4, 0.5) is 0 Å². The van der Waals surface area contributed by atoms with E-state index >= 15 is 0 Å². The van der Waals surface area contributed by atoms with Crippen molar-refractivity contribution in [3.05, 3.63) is 155 Å². The molecule has 236 valence electrons. The molecule has 0 atom stereocenters. The van der Waals surface area contributed by atoms with Crippen LogP contribution >= 0.6 is 0 Å². The summed E-state index contributed by atoms with van der Waals surface area (Å²) in [5.74, 6) is 0.0455. The van der Waals surface area contributed by atoms with Crippen molar-refractivity contribution < 1.29 is 16.2 Å². The first-order valence-corrected chi connectivity index (χ1v) is 16.2. The summed E-state index contributed by atoms with van der Waals surface area (Å²) in [4.78, 5) is 14.3. The molecule has 0 spiro atoms. The monoisotopic (exact) mass is 608 g/mol. The molecule has 0 fully saturated rings. The van der Waals surface area contributed by atoms with Gasteiger partial charge in [0.25, 0.3) is 0 Å². The van der Waals surface area contributed by atoms with Gasteiger partial charge in [0.05, 0.1) is 33.4 Å². The highest BCUT2D eigenvalue weighted by atomic mass is 16.1. The summed E-state index contributed by atoms with van der Waals surface area (Å²) in [7, 11) is 0. The molecule has 0 saturated carbocycles. The lowest BCUT2D eigenvalue weighted by molar-refractivity contribution is 0.103. The minimum Gasteiger partial charge on any atom is -0.309 e. The summed E-state index contributed by atoms with van der Waals surface area (Å²) in [6.45, 7) is 9.25. The second-order valence-electron chi connectivity index (χ2n) is 14.2. The predicted molar refractivity (Wildman–Crippen MR) is 206 cm³/mol. The third-order valence-corrected chi connectivity index (χ3v) is 11.1. The van der Waals surface area contributed by atoms with E-state index in [0.717, 1.165) is 21.8 Å². The summed E-state index contributed by atoms with van der Waals surface area (Å²) < 4.78 is 4.79. The fourth-order valence-electron chi connectivity index (χ4n) is 8.78. The fourth-order valence-corrected chi connectivity index (χ4v) is 8.78. The molecule has 2 aromatic heterocycles. The molecule has 2 aliphatic heterocycles. The molecule has 0 bridgehead atoms. The van der Waals surface area contributed by atoms with Gasteiger partial charge in [-0.2, -0.15) is 0 Å². The number of carbonyl (C=O) groups is 1. The standard InChI is InChI=1S/C43H32N2O.8H2/c1-42(2)31-13-5-7-17-37(31)44-35-21-19-25(23-29(35)27-11-9-15-33(42)39(27)44)41(46)26-20-22-36-30(24-26)28-12-10-16-34-40(28)45(36)38-18-8-6-14-32(38)43(34,3)4;;;;;;;;/h5-24H,1-4H3;8*1H. The van der Waals surface area contributed by atoms with Crippen molar-refractivity contribution >= 4 is 49.4 Å². The maximum absolute atomic E-state index is 14.3. The van der Waals surface area contributed by atoms with Gasteiger partial charge in [0, 0.05) is 54.9 Å². The van der Waals surface area contributed by atoms with Crippen molar-refractivity contribution in [2.75, 3.05) is 0 Å². The number of ketones is 1. The Bertz CT molecular complexity index is 2510. The van der Waals surface area contributed by atoms with Crippen LogP contribution in [-0.2, 0) is 10.8 Å². The molecular formula is C43H48N2O. The van der Waals surface area contributed by atoms with E-state index in [0.29, 0.717) is 11.1 Å². The molecule has 8 aromatic rings. The molecule has 0 amide bonds. The van der Waals surface area contributed by atoms with E-state index in [2.05, 4.69) is 146 Å². The molecule has 0 aliphatic carbocycles. The smallest absolute Gasteiger partial charge is 0.193 e. The Morgan fingerprint density at radius 1 is 0.478 bits per heavy atom. The summed E-state index contributed by atoms with van der Waals surface area (Å²) in [5.41, 5.74) is 13.6. The minimum atomic E-state index is -0.120. The van der Waals surface area contributed by atoms with Crippen LogP contribution in [-0.4, -0.2) is 14.9 Å². The fraction of sp³-hybridized carbons (Fsp3) is 0.140. The van der Waals surface area contributed by atoms with Crippen LogP contribution < -0.4 is 0 Å². The van der Waals surface area contributed by atoms with Crippen LogP contribution in [0.15, 0.2) is 121 Å². The van der Waals surface area contributed by atoms with Gasteiger partial charge in [-0.25, -0.2) is 0 Å². The molecule has 4 heterocycles. The van der Waals surface area contributed by atoms with Crippen molar-refractivity contribution in [2.24, 2.45) is 0 Å². The van der Waals surface area contributed by atoms with Crippen molar-refractivity contribution in [1.82, 2.24) is 9.13 Å². The van der Waals surface area contributed by atoms with Gasteiger partial charge in [-0.3, -0.25) is 4.79 Å². The van der Waals surface area contributed by atoms with Gasteiger partial charge in [-0.05, 0) is 70.8 Å². The van der Waals surface area contributed by atoms with Gasteiger partial charge < -0.3 is 9.13 Å². The van der Waals surface area contributed by atoms with E-state index in [4.69, 9.17) is 0 Å². The van der Waals surface area contributed by atoms with Gasteiger partial charge in [-0.15, -0.1) is 0 Å². The van der Waals surface area contributed by atoms with Crippen molar-refractivity contribution in [2.45, 2.75) is 38.5 Å². The van der Waals surface area contributed by atoms with E-state index in [1.165, 1.54) is 55.4 Å². The van der Waals surface area contributed by atoms with Gasteiger partial charge in [-0.1, -0.05) is 100 Å². The van der Waals surface area contributed by atoms with Crippen molar-refractivity contribution in [3.8, 4) is 11.4 Å². The minimum absolute atomic E-state index is 0. The molecule has 2 aliphatic rings. The first-order valence-electron chi connectivity index (χ1n) is 16.2. The van der Waals surface area contributed by atoms with Crippen LogP contribution in [0.25, 0.3) is 55.0 Å². The van der Waals surface area contributed by atoms with E-state index < -0.39 is 0 Å². The number of aromatic nitrogens is 2. The molecular weight excluding hydrogens is 560 g/mol. The van der Waals surface area contributed by atoms with Gasteiger partial charge in [0.15, 0.2) is 5.78 Å². The Labute approximate surface area is 279 Å². The van der Waals surface area contributed by atoms with E-state index in [9.17, 15) is 4.79 Å². The van der Waals surface area contributed by atoms with Gasteiger partial charge in [0.2, 0.25) is 0 Å². The van der Waals surface area contributed by atoms with E-state index in [-0.39, 0.29) is 28.0 Å². The first-order chi connectivity index (χ1) is 22.3. The van der Waals surface area contributed by atoms with Gasteiger partial charge >= 0.3 is 0 Å². The molecule has 6 aromatic carbocycles. The van der Waals surface area contributed by atoms with E-state index in [1.54, 1.807) is 0 Å². The zero-order valence-corrected chi connectivity index (χ0v) is 26.3. The molecule has 3 heteroatoms. The lowest BCUT2D eigenvalue weighted by atomic mass is 9.75. The number of carbonyl (C=O) groups excluding carboxylic acids is 1. The summed E-state index contributed by atoms with van der Waals surface area (Å²) in [6, 6.07) is 43.2. The topological polar surface area (TPSA) is 26.9 Å². The highest BCUT2D eigenvalue weighted by Crippen LogP contribution is 2.49. The van der Waals surface area contributed by atoms with Crippen LogP contribution in [0, 0.1) is 0 Å². The SMILES string of the molecule is CC1(C)c2ccccc2-n2c3ccc(C(=O)c4ccc5c(c4)c4cccc6c4n5-c4ccccc4C6(C)C)cc3c3cccc1c32.[HH].[HH].[HH].[HH].[HH].[HH].[HH].[HH]. The highest BCUT2D eigenvalue weighted by Gasteiger charge is 2.36. The Morgan fingerprint density at radius 3 is 1.35 bits per heavy atom. The van der Waals surface area contributed by atoms with Crippen LogP contribution in [0.5, 0.6) is 0 Å². The molecule has 46 heavy (non-hydrogen) atoms. The first kappa shape index (κ1) is 25.9. The van der Waals surface area contributed by atoms with Crippen LogP contribution in [0.3, 0.4) is 0 Å². The average Bonchev–Trinajstić information content (AvgIpc) is 3.59. The zero-order valence-electron chi connectivity index (χ0n) is 26.3. The number of hydrogen-bond acceptors (Lipinski definition) is 1. The van der Waals surface area contributed by atoms with Crippen molar-refractivity contribution in [3.63, 3.8) is 0 Å². The molecule has 0 saturated heterocycles. The Balaban J connectivity index is 0.00000126. The Hall–Kier alpha value is -5.41. The summed E-state index contributed by atoms with van der Waals surface area (Å²) in [6.07, 6.45) is 0. The van der Waals surface area contributed by atoms with Gasteiger partial charge in [0.1, 0.15) is 0 Å². The lowest BCUT2D eigenvalue weighted by Gasteiger charge is -2.34. The van der Waals surface area contributed by atoms with E-state index in [1.807, 2.05) is 12.1 Å². The number of fused-ring (bicyclic) bond motifs is 10. The maximum Gasteiger partial charge on any atom is 0.193 e. The molecule has 0 N–H and O–H groups in total. The molecule has 10 rings (SSSR count). The number of para-hydroxylation sites is 4. The maximum atomic E-state index is 14.3. The number of hydrogen-bond donors (Lipinski definition) is 0. The number of rotatable bonds is 2. The quantitative estimate of drug-likeness (QED) is 0.179. The zero-order chi connectivity index (χ0) is 31.1. The molecule has 0 radical (unpaired) electrons. The Kier molecular flexibility index (Phi) is 4.75. The van der Waals surface area contributed by atoms with Crippen LogP contribution in [0.1, 0.15) is 77.3 Å². The largest absolute Gasteiger partial charge is 0.309 e. The third-order valence-electron chi connectivity index (χ3n) is 11.1. The second kappa shape index (κ2) is 8.44. The summed E-state index contributed by atoms with van der Waals surface area (Å²) in [5, 5.41) is 4.61. The Morgan fingerprint density at radius 2 is 0.891 bits per heavy atom. The molecule has 3 nitrogen and oxygen atoms in total. The normalized spacial score (nSPS) is 15.4. The van der Waals surface area contributed by atoms with Crippen LogP contribution in [0.2, 0.25) is 0 Å². The molecule has 0 unspecified atom stereocenters. The third kappa shape index (κ3) is 3.01. The summed E-state index contributed by atoms with van der Waals surface area (Å²) >= 11 is 0. The average molecular weight is 609 g/mol. The highest BCUT2D eigenvalue weighted by molar-refractivity contribution is 6.19. The van der Waals surface area contributed by atoms with Crippen molar-refractivity contribution in [1.29, 1.82) is 0 Å². The lowest BCUT2D eigenvalue weighted by Crippen LogP contribution is -2.26. The second-order valence-corrected chi connectivity index (χ2v) is 14.2.